The van der Waals surface area contributed by atoms with E-state index in [4.69, 9.17) is 38.3 Å². The Labute approximate surface area is 328 Å². The van der Waals surface area contributed by atoms with Gasteiger partial charge >= 0.3 is 30.0 Å². The lowest BCUT2D eigenvalue weighted by Crippen LogP contribution is -2.22. The molecule has 304 valence electrons. The standard InChI is InChI=1S/C43H54O13/c1-4-34-29-37(55-39(45)23-18-33-16-19-35(20-17-33)50-24-10-5-6-11-25-52-42(48)32(3)30-44)21-22-38(34)56-43(49)53-27-13-12-26-51-41(47)31(2)28-40(46)54-36-14-8-7-9-15-36/h16-23,29,36,44H,2-15,24-28,30H2,1H3/b23-18+. The molecule has 0 unspecified atom stereocenters. The summed E-state index contributed by atoms with van der Waals surface area (Å²) in [6.07, 6.45) is 11.3. The zero-order chi connectivity index (χ0) is 40.5. The van der Waals surface area contributed by atoms with Gasteiger partial charge in [-0.1, -0.05) is 38.6 Å². The Morgan fingerprint density at radius 3 is 2.00 bits per heavy atom. The lowest BCUT2D eigenvalue weighted by molar-refractivity contribution is -0.151. The number of aliphatic hydroxyl groups excluding tert-OH is 1. The Morgan fingerprint density at radius 2 is 1.34 bits per heavy atom. The predicted molar refractivity (Wildman–Crippen MR) is 207 cm³/mol. The van der Waals surface area contributed by atoms with Crippen LogP contribution in [0.15, 0.2) is 72.8 Å². The molecule has 1 aliphatic carbocycles. The first-order valence-corrected chi connectivity index (χ1v) is 19.2. The van der Waals surface area contributed by atoms with Crippen LogP contribution in [0.5, 0.6) is 17.2 Å². The molecule has 1 fully saturated rings. The van der Waals surface area contributed by atoms with Crippen LogP contribution < -0.4 is 14.2 Å². The molecule has 0 amide bonds. The van der Waals surface area contributed by atoms with Gasteiger partial charge in [-0.2, -0.15) is 0 Å². The van der Waals surface area contributed by atoms with Crippen molar-refractivity contribution in [1.29, 1.82) is 0 Å². The van der Waals surface area contributed by atoms with Crippen LogP contribution >= 0.6 is 0 Å². The normalized spacial score (nSPS) is 12.7. The Kier molecular flexibility index (Phi) is 20.6. The van der Waals surface area contributed by atoms with E-state index in [2.05, 4.69) is 13.2 Å². The Morgan fingerprint density at radius 1 is 0.732 bits per heavy atom. The summed E-state index contributed by atoms with van der Waals surface area (Å²) in [4.78, 5) is 60.5. The van der Waals surface area contributed by atoms with E-state index in [0.29, 0.717) is 37.2 Å². The number of hydrogen-bond donors (Lipinski definition) is 1. The van der Waals surface area contributed by atoms with Crippen LogP contribution in [0.4, 0.5) is 4.79 Å². The van der Waals surface area contributed by atoms with Crippen molar-refractivity contribution >= 4 is 36.1 Å². The molecule has 0 atom stereocenters. The summed E-state index contributed by atoms with van der Waals surface area (Å²) in [5.41, 5.74) is 1.49. The van der Waals surface area contributed by atoms with Crippen LogP contribution in [0.1, 0.15) is 95.1 Å². The van der Waals surface area contributed by atoms with Crippen molar-refractivity contribution in [1.82, 2.24) is 0 Å². The molecule has 3 rings (SSSR count). The van der Waals surface area contributed by atoms with Crippen LogP contribution in [0, 0.1) is 0 Å². The topological polar surface area (TPSA) is 170 Å². The van der Waals surface area contributed by atoms with Crippen molar-refractivity contribution in [3.63, 3.8) is 0 Å². The predicted octanol–water partition coefficient (Wildman–Crippen LogP) is 7.56. The van der Waals surface area contributed by atoms with E-state index in [0.717, 1.165) is 63.4 Å². The molecule has 0 spiro atoms. The van der Waals surface area contributed by atoms with E-state index in [1.807, 2.05) is 31.2 Å². The SMILES string of the molecule is C=C(CO)C(=O)OCCCCCCOc1ccc(/C=C/C(=O)Oc2ccc(OC(=O)OCCCCOC(=O)C(=C)CC(=O)OC3CCCCC3)c(CC)c2)cc1. The molecule has 0 heterocycles. The van der Waals surface area contributed by atoms with Gasteiger partial charge in [0.1, 0.15) is 23.4 Å². The van der Waals surface area contributed by atoms with Crippen molar-refractivity contribution in [2.75, 3.05) is 33.0 Å². The van der Waals surface area contributed by atoms with E-state index in [-0.39, 0.29) is 55.0 Å². The second kappa shape index (κ2) is 25.6. The number of benzene rings is 2. The van der Waals surface area contributed by atoms with Gasteiger partial charge in [-0.15, -0.1) is 0 Å². The molecule has 2 aromatic carbocycles. The van der Waals surface area contributed by atoms with Crippen molar-refractivity contribution in [2.45, 2.75) is 96.5 Å². The number of aliphatic hydroxyl groups is 1. The summed E-state index contributed by atoms with van der Waals surface area (Å²) in [6, 6.07) is 11.9. The highest BCUT2D eigenvalue weighted by atomic mass is 16.7. The Bertz CT molecular complexity index is 1640. The second-order valence-corrected chi connectivity index (χ2v) is 13.2. The van der Waals surface area contributed by atoms with E-state index >= 15 is 0 Å². The summed E-state index contributed by atoms with van der Waals surface area (Å²) < 4.78 is 37.3. The number of ether oxygens (including phenoxy) is 7. The summed E-state index contributed by atoms with van der Waals surface area (Å²) in [7, 11) is 0. The maximum Gasteiger partial charge on any atom is 0.513 e. The first-order valence-electron chi connectivity index (χ1n) is 19.2. The van der Waals surface area contributed by atoms with Gasteiger partial charge in [0, 0.05) is 11.6 Å². The fraction of sp³-hybridized carbons (Fsp3) is 0.465. The van der Waals surface area contributed by atoms with Gasteiger partial charge in [-0.25, -0.2) is 19.2 Å². The van der Waals surface area contributed by atoms with Gasteiger partial charge in [0.15, 0.2) is 0 Å². The van der Waals surface area contributed by atoms with E-state index in [9.17, 15) is 24.0 Å². The van der Waals surface area contributed by atoms with Crippen LogP contribution in [0.3, 0.4) is 0 Å². The summed E-state index contributed by atoms with van der Waals surface area (Å²) in [6.45, 7) is 9.45. The molecule has 1 saturated carbocycles. The lowest BCUT2D eigenvalue weighted by Gasteiger charge is -2.21. The van der Waals surface area contributed by atoms with Gasteiger partial charge in [0.25, 0.3) is 0 Å². The highest BCUT2D eigenvalue weighted by Gasteiger charge is 2.20. The van der Waals surface area contributed by atoms with Gasteiger partial charge in [-0.05, 0) is 118 Å². The molecule has 0 radical (unpaired) electrons. The molecule has 1 aliphatic rings. The largest absolute Gasteiger partial charge is 0.513 e. The van der Waals surface area contributed by atoms with Gasteiger partial charge in [0.2, 0.25) is 0 Å². The van der Waals surface area contributed by atoms with E-state index in [1.54, 1.807) is 12.1 Å². The molecule has 0 aliphatic heterocycles. The van der Waals surface area contributed by atoms with E-state index < -0.39 is 36.6 Å². The smallest absolute Gasteiger partial charge is 0.494 e. The molecular weight excluding hydrogens is 724 g/mol. The molecular formula is C43H54O13. The molecule has 13 heteroatoms. The zero-order valence-corrected chi connectivity index (χ0v) is 32.3. The summed E-state index contributed by atoms with van der Waals surface area (Å²) >= 11 is 0. The fourth-order valence-corrected chi connectivity index (χ4v) is 5.47. The monoisotopic (exact) mass is 778 g/mol. The third-order valence-corrected chi connectivity index (χ3v) is 8.63. The second-order valence-electron chi connectivity index (χ2n) is 13.2. The molecule has 0 aromatic heterocycles. The van der Waals surface area contributed by atoms with Crippen molar-refractivity contribution < 1.29 is 62.2 Å². The van der Waals surface area contributed by atoms with Gasteiger partial charge in [0.05, 0.1) is 45.0 Å². The number of carbonyl (C=O) groups excluding carboxylic acids is 5. The van der Waals surface area contributed by atoms with Crippen LogP contribution in [-0.4, -0.2) is 74.3 Å². The molecule has 1 N–H and O–H groups in total. The number of carbonyl (C=O) groups is 5. The maximum atomic E-state index is 12.5. The maximum absolute atomic E-state index is 12.5. The third-order valence-electron chi connectivity index (χ3n) is 8.63. The Hall–Kier alpha value is -5.43. The molecule has 0 saturated heterocycles. The number of esters is 4. The fourth-order valence-electron chi connectivity index (χ4n) is 5.47. The highest BCUT2D eigenvalue weighted by Crippen LogP contribution is 2.26. The first kappa shape index (κ1) is 45.0. The number of hydrogen-bond acceptors (Lipinski definition) is 13. The Balaban J connectivity index is 1.28. The lowest BCUT2D eigenvalue weighted by atomic mass is 9.98. The molecule has 56 heavy (non-hydrogen) atoms. The average Bonchev–Trinajstić information content (AvgIpc) is 3.20. The van der Waals surface area contributed by atoms with Crippen molar-refractivity contribution in [2.24, 2.45) is 0 Å². The van der Waals surface area contributed by atoms with Crippen molar-refractivity contribution in [3.05, 3.63) is 84.0 Å². The number of aryl methyl sites for hydroxylation is 1. The summed E-state index contributed by atoms with van der Waals surface area (Å²) in [5, 5.41) is 8.86. The van der Waals surface area contributed by atoms with Crippen LogP contribution in [0.25, 0.3) is 6.08 Å². The van der Waals surface area contributed by atoms with Crippen LogP contribution in [0.2, 0.25) is 0 Å². The highest BCUT2D eigenvalue weighted by molar-refractivity contribution is 5.93. The van der Waals surface area contributed by atoms with Gasteiger partial charge < -0.3 is 38.3 Å². The zero-order valence-electron chi connectivity index (χ0n) is 32.3. The molecule has 2 aromatic rings. The van der Waals surface area contributed by atoms with Gasteiger partial charge in [-0.3, -0.25) is 4.79 Å². The quantitative estimate of drug-likeness (QED) is 0.0277. The molecule has 13 nitrogen and oxygen atoms in total. The minimum atomic E-state index is -0.898. The molecule has 0 bridgehead atoms. The van der Waals surface area contributed by atoms with Crippen molar-refractivity contribution in [3.8, 4) is 17.2 Å². The first-order chi connectivity index (χ1) is 27.1. The number of rotatable bonds is 24. The number of unbranched alkanes of at least 4 members (excludes halogenated alkanes) is 4. The summed E-state index contributed by atoms with van der Waals surface area (Å²) in [5.74, 6) is -1.04. The van der Waals surface area contributed by atoms with E-state index in [1.165, 1.54) is 18.2 Å². The third kappa shape index (κ3) is 17.8. The van der Waals surface area contributed by atoms with Crippen LogP contribution in [-0.2, 0) is 44.5 Å². The minimum Gasteiger partial charge on any atom is -0.494 e. The minimum absolute atomic E-state index is 0.0346. The average molecular weight is 779 g/mol.